The molecule has 0 aromatic heterocycles. The number of carbonyl (C=O) groups is 1. The highest BCUT2D eigenvalue weighted by Crippen LogP contribution is 2.06. The zero-order valence-electron chi connectivity index (χ0n) is 10.2. The van der Waals surface area contributed by atoms with Gasteiger partial charge < -0.3 is 10.1 Å². The average molecular weight is 231 g/mol. The van der Waals surface area contributed by atoms with Crippen LogP contribution in [0.15, 0.2) is 24.3 Å². The predicted molar refractivity (Wildman–Crippen MR) is 67.3 cm³/mol. The van der Waals surface area contributed by atoms with Crippen LogP contribution in [0, 0.1) is 11.8 Å². The summed E-state index contributed by atoms with van der Waals surface area (Å²) in [5.74, 6) is 5.56. The third-order valence-corrected chi connectivity index (χ3v) is 2.15. The maximum atomic E-state index is 11.1. The first kappa shape index (κ1) is 13.3. The summed E-state index contributed by atoms with van der Waals surface area (Å²) < 4.78 is 4.80. The van der Waals surface area contributed by atoms with E-state index in [1.165, 1.54) is 0 Å². The van der Waals surface area contributed by atoms with E-state index in [2.05, 4.69) is 17.2 Å². The zero-order chi connectivity index (χ0) is 12.5. The molecule has 0 unspecified atom stereocenters. The number of hydrogen-bond acceptors (Lipinski definition) is 3. The minimum Gasteiger partial charge on any atom is -0.465 e. The van der Waals surface area contributed by atoms with E-state index < -0.39 is 0 Å². The molecule has 0 saturated heterocycles. The summed E-state index contributed by atoms with van der Waals surface area (Å²) in [7, 11) is 1.89. The second-order valence-corrected chi connectivity index (χ2v) is 3.47. The van der Waals surface area contributed by atoms with Crippen molar-refractivity contribution in [2.75, 3.05) is 13.7 Å². The molecule has 1 aromatic rings. The number of esters is 1. The van der Waals surface area contributed by atoms with Crippen molar-refractivity contribution < 1.29 is 9.53 Å². The van der Waals surface area contributed by atoms with Gasteiger partial charge in [-0.05, 0) is 25.6 Å². The molecule has 0 atom stereocenters. The van der Waals surface area contributed by atoms with Gasteiger partial charge in [0.15, 0.2) is 0 Å². The Hall–Kier alpha value is -1.79. The van der Waals surface area contributed by atoms with Crippen molar-refractivity contribution in [1.29, 1.82) is 0 Å². The summed E-state index contributed by atoms with van der Waals surface area (Å²) in [5.41, 5.74) is 2.08. The second-order valence-electron chi connectivity index (χ2n) is 3.47. The predicted octanol–water partition coefficient (Wildman–Crippen LogP) is 1.71. The average Bonchev–Trinajstić information content (AvgIpc) is 2.32. The number of ether oxygens (including phenoxy) is 1. The molecule has 1 N–H and O–H groups in total. The lowest BCUT2D eigenvalue weighted by molar-refractivity contribution is -0.141. The normalized spacial score (nSPS) is 9.29. The first-order valence-electron chi connectivity index (χ1n) is 5.65. The minimum atomic E-state index is -0.272. The van der Waals surface area contributed by atoms with Gasteiger partial charge in [0.2, 0.25) is 0 Å². The van der Waals surface area contributed by atoms with Gasteiger partial charge in [-0.1, -0.05) is 30.0 Å². The molecule has 0 bridgehead atoms. The molecule has 0 spiro atoms. The van der Waals surface area contributed by atoms with Gasteiger partial charge in [-0.3, -0.25) is 4.79 Å². The van der Waals surface area contributed by atoms with Crippen molar-refractivity contribution in [3.05, 3.63) is 35.4 Å². The molecular formula is C14H17NO2. The van der Waals surface area contributed by atoms with Gasteiger partial charge in [-0.2, -0.15) is 0 Å². The Morgan fingerprint density at radius 1 is 1.41 bits per heavy atom. The van der Waals surface area contributed by atoms with Crippen molar-refractivity contribution in [2.45, 2.75) is 19.9 Å². The van der Waals surface area contributed by atoms with Gasteiger partial charge in [-0.25, -0.2) is 0 Å². The quantitative estimate of drug-likeness (QED) is 0.633. The first-order chi connectivity index (χ1) is 8.27. The standard InChI is InChI=1S/C14H17NO2/c1-3-17-14(16)10-6-9-12-7-4-5-8-13(12)11-15-2/h4-5,7-8,15H,3,10-11H2,1-2H3. The Balaban J connectivity index is 2.67. The van der Waals surface area contributed by atoms with Gasteiger partial charge in [0.05, 0.1) is 6.61 Å². The highest BCUT2D eigenvalue weighted by atomic mass is 16.5. The molecule has 1 rings (SSSR count). The van der Waals surface area contributed by atoms with E-state index in [0.29, 0.717) is 6.61 Å². The van der Waals surface area contributed by atoms with Crippen molar-refractivity contribution in [2.24, 2.45) is 0 Å². The molecule has 90 valence electrons. The van der Waals surface area contributed by atoms with Gasteiger partial charge in [0.25, 0.3) is 0 Å². The summed E-state index contributed by atoms with van der Waals surface area (Å²) >= 11 is 0. The topological polar surface area (TPSA) is 38.3 Å². The first-order valence-corrected chi connectivity index (χ1v) is 5.65. The Morgan fingerprint density at radius 2 is 2.18 bits per heavy atom. The molecule has 0 heterocycles. The monoisotopic (exact) mass is 231 g/mol. The highest BCUT2D eigenvalue weighted by Gasteiger charge is 1.98. The van der Waals surface area contributed by atoms with Gasteiger partial charge in [0, 0.05) is 12.1 Å². The Bertz CT molecular complexity index is 429. The van der Waals surface area contributed by atoms with Crippen molar-refractivity contribution in [3.63, 3.8) is 0 Å². The lowest BCUT2D eigenvalue weighted by atomic mass is 10.1. The fourth-order valence-electron chi connectivity index (χ4n) is 1.41. The maximum absolute atomic E-state index is 11.1. The Kier molecular flexibility index (Phi) is 5.84. The van der Waals surface area contributed by atoms with Crippen molar-refractivity contribution in [3.8, 4) is 11.8 Å². The van der Waals surface area contributed by atoms with E-state index in [9.17, 15) is 4.79 Å². The maximum Gasteiger partial charge on any atom is 0.317 e. The molecule has 0 fully saturated rings. The van der Waals surface area contributed by atoms with Crippen LogP contribution in [0.25, 0.3) is 0 Å². The van der Waals surface area contributed by atoms with Crippen LogP contribution in [0.5, 0.6) is 0 Å². The number of benzene rings is 1. The lowest BCUT2D eigenvalue weighted by Crippen LogP contribution is -2.06. The highest BCUT2D eigenvalue weighted by molar-refractivity contribution is 5.72. The fourth-order valence-corrected chi connectivity index (χ4v) is 1.41. The summed E-state index contributed by atoms with van der Waals surface area (Å²) in [6.45, 7) is 2.95. The van der Waals surface area contributed by atoms with Crippen molar-refractivity contribution >= 4 is 5.97 Å². The molecule has 0 aliphatic heterocycles. The van der Waals surface area contributed by atoms with Crippen LogP contribution in [-0.2, 0) is 16.1 Å². The molecule has 0 aliphatic rings. The van der Waals surface area contributed by atoms with Crippen LogP contribution in [0.1, 0.15) is 24.5 Å². The van der Waals surface area contributed by atoms with E-state index in [0.717, 1.165) is 17.7 Å². The molecule has 0 amide bonds. The largest absolute Gasteiger partial charge is 0.465 e. The third kappa shape index (κ3) is 4.71. The Labute approximate surface area is 102 Å². The number of nitrogens with one attached hydrogen (secondary N) is 1. The summed E-state index contributed by atoms with van der Waals surface area (Å²) in [5, 5.41) is 3.08. The van der Waals surface area contributed by atoms with E-state index in [1.54, 1.807) is 6.92 Å². The number of carbonyl (C=O) groups excluding carboxylic acids is 1. The summed E-state index contributed by atoms with van der Waals surface area (Å²) in [6, 6.07) is 7.88. The van der Waals surface area contributed by atoms with E-state index in [4.69, 9.17) is 4.74 Å². The molecule has 0 aliphatic carbocycles. The van der Waals surface area contributed by atoms with E-state index in [1.807, 2.05) is 31.3 Å². The van der Waals surface area contributed by atoms with Gasteiger partial charge in [0.1, 0.15) is 6.42 Å². The number of hydrogen-bond donors (Lipinski definition) is 1. The molecule has 0 radical (unpaired) electrons. The van der Waals surface area contributed by atoms with Crippen LogP contribution >= 0.6 is 0 Å². The smallest absolute Gasteiger partial charge is 0.317 e. The molecule has 3 heteroatoms. The van der Waals surface area contributed by atoms with Crippen LogP contribution in [-0.4, -0.2) is 19.6 Å². The summed E-state index contributed by atoms with van der Waals surface area (Å²) in [6.07, 6.45) is 0.141. The van der Waals surface area contributed by atoms with E-state index >= 15 is 0 Å². The van der Waals surface area contributed by atoms with Crippen LogP contribution in [0.4, 0.5) is 0 Å². The van der Waals surface area contributed by atoms with Gasteiger partial charge in [-0.15, -0.1) is 0 Å². The Morgan fingerprint density at radius 3 is 2.88 bits per heavy atom. The van der Waals surface area contributed by atoms with Crippen LogP contribution < -0.4 is 5.32 Å². The van der Waals surface area contributed by atoms with E-state index in [-0.39, 0.29) is 12.4 Å². The van der Waals surface area contributed by atoms with Gasteiger partial charge >= 0.3 is 5.97 Å². The number of rotatable bonds is 4. The molecule has 0 saturated carbocycles. The molecular weight excluding hydrogens is 214 g/mol. The summed E-state index contributed by atoms with van der Waals surface area (Å²) in [4.78, 5) is 11.1. The minimum absolute atomic E-state index is 0.141. The second kappa shape index (κ2) is 7.48. The van der Waals surface area contributed by atoms with Crippen LogP contribution in [0.3, 0.4) is 0 Å². The third-order valence-electron chi connectivity index (χ3n) is 2.15. The van der Waals surface area contributed by atoms with Crippen molar-refractivity contribution in [1.82, 2.24) is 5.32 Å². The van der Waals surface area contributed by atoms with Crippen LogP contribution in [0.2, 0.25) is 0 Å². The lowest BCUT2D eigenvalue weighted by Gasteiger charge is -2.02. The zero-order valence-corrected chi connectivity index (χ0v) is 10.2. The molecule has 1 aromatic carbocycles. The SMILES string of the molecule is CCOC(=O)CC#Cc1ccccc1CNC. The molecule has 3 nitrogen and oxygen atoms in total. The fraction of sp³-hybridized carbons (Fsp3) is 0.357. The molecule has 17 heavy (non-hydrogen) atoms.